The fraction of sp³-hybridized carbons (Fsp3) is 0.250. The number of thioether (sulfide) groups is 2. The van der Waals surface area contributed by atoms with E-state index in [1.54, 1.807) is 11.8 Å². The maximum absolute atomic E-state index is 8.43. The lowest BCUT2D eigenvalue weighted by Crippen LogP contribution is -1.86. The highest BCUT2D eigenvalue weighted by atomic mass is 35.5. The Morgan fingerprint density at radius 2 is 2.16 bits per heavy atom. The molecule has 0 radical (unpaired) electrons. The van der Waals surface area contributed by atoms with Crippen LogP contribution in [0, 0.1) is 11.3 Å². The molecule has 1 aromatic carbocycles. The molecule has 0 fully saturated rings. The van der Waals surface area contributed by atoms with Crippen LogP contribution >= 0.6 is 35.1 Å². The fourth-order valence-electron chi connectivity index (χ4n) is 1.30. The van der Waals surface area contributed by atoms with Gasteiger partial charge in [-0.25, -0.2) is 0 Å². The Hall–Kier alpha value is -1.16. The van der Waals surface area contributed by atoms with Crippen molar-refractivity contribution in [2.24, 2.45) is 0 Å². The highest BCUT2D eigenvalue weighted by Crippen LogP contribution is 2.28. The molecule has 0 atom stereocenters. The van der Waals surface area contributed by atoms with Crippen LogP contribution in [-0.4, -0.2) is 15.9 Å². The minimum atomic E-state index is 0.423. The molecule has 19 heavy (non-hydrogen) atoms. The first-order valence-electron chi connectivity index (χ1n) is 5.43. The minimum Gasteiger partial charge on any atom is -0.338 e. The Morgan fingerprint density at radius 1 is 1.32 bits per heavy atom. The summed E-state index contributed by atoms with van der Waals surface area (Å²) in [5.74, 6) is 2.78. The number of nitrogens with zero attached hydrogens (tertiary/aromatic N) is 3. The summed E-state index contributed by atoms with van der Waals surface area (Å²) in [6, 6.07) is 9.69. The largest absolute Gasteiger partial charge is 0.338 e. The molecule has 0 saturated carbocycles. The van der Waals surface area contributed by atoms with E-state index in [0.717, 1.165) is 9.92 Å². The van der Waals surface area contributed by atoms with Crippen molar-refractivity contribution in [3.8, 4) is 6.07 Å². The number of halogens is 1. The second-order valence-corrected chi connectivity index (χ2v) is 5.88. The molecule has 0 N–H and O–H groups in total. The van der Waals surface area contributed by atoms with Gasteiger partial charge in [-0.15, -0.1) is 23.5 Å². The van der Waals surface area contributed by atoms with Crippen molar-refractivity contribution in [2.75, 3.05) is 5.75 Å². The molecule has 98 valence electrons. The summed E-state index contributed by atoms with van der Waals surface area (Å²) >= 11 is 9.08. The van der Waals surface area contributed by atoms with E-state index in [2.05, 4.69) is 16.2 Å². The van der Waals surface area contributed by atoms with Gasteiger partial charge in [0.05, 0.1) is 28.4 Å². The normalized spacial score (nSPS) is 10.3. The zero-order chi connectivity index (χ0) is 13.5. The van der Waals surface area contributed by atoms with Crippen LogP contribution in [-0.2, 0) is 11.5 Å². The molecule has 2 aromatic rings. The summed E-state index contributed by atoms with van der Waals surface area (Å²) in [7, 11) is 0. The van der Waals surface area contributed by atoms with E-state index in [1.807, 2.05) is 24.3 Å². The molecule has 0 aliphatic carbocycles. The van der Waals surface area contributed by atoms with E-state index in [-0.39, 0.29) is 0 Å². The van der Waals surface area contributed by atoms with Crippen molar-refractivity contribution < 1.29 is 4.52 Å². The lowest BCUT2D eigenvalue weighted by atomic mass is 10.4. The average molecular weight is 312 g/mol. The molecular weight excluding hydrogens is 302 g/mol. The third-order valence-corrected chi connectivity index (χ3v) is 4.39. The van der Waals surface area contributed by atoms with Gasteiger partial charge < -0.3 is 4.52 Å². The lowest BCUT2D eigenvalue weighted by Gasteiger charge is -2.00. The van der Waals surface area contributed by atoms with Crippen molar-refractivity contribution in [3.63, 3.8) is 0 Å². The van der Waals surface area contributed by atoms with Gasteiger partial charge in [-0.2, -0.15) is 10.2 Å². The van der Waals surface area contributed by atoms with Crippen molar-refractivity contribution in [1.82, 2.24) is 10.1 Å². The number of benzene rings is 1. The van der Waals surface area contributed by atoms with Crippen molar-refractivity contribution in [3.05, 3.63) is 41.0 Å². The van der Waals surface area contributed by atoms with Crippen LogP contribution < -0.4 is 0 Å². The monoisotopic (exact) mass is 311 g/mol. The molecule has 1 aromatic heterocycles. The SMILES string of the molecule is N#CCSCc1nc(CSc2ccccc2Cl)no1. The van der Waals surface area contributed by atoms with E-state index >= 15 is 0 Å². The van der Waals surface area contributed by atoms with Gasteiger partial charge in [-0.1, -0.05) is 28.9 Å². The standard InChI is InChI=1S/C12H10ClN3OS2/c13-9-3-1-2-4-10(9)19-7-11-15-12(17-16-11)8-18-6-5-14/h1-4H,6-8H2. The van der Waals surface area contributed by atoms with E-state index in [4.69, 9.17) is 21.4 Å². The zero-order valence-corrected chi connectivity index (χ0v) is 12.3. The summed E-state index contributed by atoms with van der Waals surface area (Å²) in [5, 5.41) is 13.0. The Kier molecular flexibility index (Phi) is 5.58. The predicted molar refractivity (Wildman–Crippen MR) is 77.1 cm³/mol. The Morgan fingerprint density at radius 3 is 2.95 bits per heavy atom. The van der Waals surface area contributed by atoms with Crippen LogP contribution in [0.1, 0.15) is 11.7 Å². The summed E-state index contributed by atoms with van der Waals surface area (Å²) in [5.41, 5.74) is 0. The lowest BCUT2D eigenvalue weighted by molar-refractivity contribution is 0.386. The molecule has 7 heteroatoms. The van der Waals surface area contributed by atoms with Crippen molar-refractivity contribution >= 4 is 35.1 Å². The number of rotatable bonds is 6. The highest BCUT2D eigenvalue weighted by molar-refractivity contribution is 7.98. The second-order valence-electron chi connectivity index (χ2n) is 3.47. The van der Waals surface area contributed by atoms with Gasteiger partial charge in [-0.3, -0.25) is 0 Å². The maximum Gasteiger partial charge on any atom is 0.236 e. The Balaban J connectivity index is 1.87. The van der Waals surface area contributed by atoms with Crippen LogP contribution in [0.15, 0.2) is 33.7 Å². The molecular formula is C12H10ClN3OS2. The van der Waals surface area contributed by atoms with Gasteiger partial charge in [0, 0.05) is 4.90 Å². The van der Waals surface area contributed by atoms with Crippen molar-refractivity contribution in [1.29, 1.82) is 5.26 Å². The number of aromatic nitrogens is 2. The Labute approximate surface area is 124 Å². The minimum absolute atomic E-state index is 0.423. The first-order valence-corrected chi connectivity index (χ1v) is 7.95. The van der Waals surface area contributed by atoms with E-state index in [0.29, 0.717) is 29.0 Å². The van der Waals surface area contributed by atoms with Crippen LogP contribution in [0.25, 0.3) is 0 Å². The highest BCUT2D eigenvalue weighted by Gasteiger charge is 2.08. The third kappa shape index (κ3) is 4.46. The summed E-state index contributed by atoms with van der Waals surface area (Å²) in [4.78, 5) is 5.25. The molecule has 0 unspecified atom stereocenters. The molecule has 4 nitrogen and oxygen atoms in total. The molecule has 1 heterocycles. The van der Waals surface area contributed by atoms with E-state index in [9.17, 15) is 0 Å². The first-order chi connectivity index (χ1) is 9.29. The van der Waals surface area contributed by atoms with Crippen LogP contribution in [0.5, 0.6) is 0 Å². The molecule has 2 rings (SSSR count). The van der Waals surface area contributed by atoms with Crippen molar-refractivity contribution in [2.45, 2.75) is 16.4 Å². The molecule has 0 saturated heterocycles. The molecule has 0 amide bonds. The summed E-state index contributed by atoms with van der Waals surface area (Å²) in [6.45, 7) is 0. The maximum atomic E-state index is 8.43. The van der Waals surface area contributed by atoms with Crippen LogP contribution in [0.3, 0.4) is 0 Å². The van der Waals surface area contributed by atoms with Crippen LogP contribution in [0.2, 0.25) is 5.02 Å². The molecule has 0 aliphatic rings. The van der Waals surface area contributed by atoms with Gasteiger partial charge in [0.2, 0.25) is 5.89 Å². The second kappa shape index (κ2) is 7.43. The Bertz CT molecular complexity index is 582. The van der Waals surface area contributed by atoms with Gasteiger partial charge in [0.1, 0.15) is 0 Å². The zero-order valence-electron chi connectivity index (χ0n) is 9.88. The van der Waals surface area contributed by atoms with E-state index < -0.39 is 0 Å². The average Bonchev–Trinajstić information content (AvgIpc) is 2.86. The predicted octanol–water partition coefficient (Wildman–Crippen LogP) is 3.77. The summed E-state index contributed by atoms with van der Waals surface area (Å²) in [6.07, 6.45) is 0. The smallest absolute Gasteiger partial charge is 0.236 e. The van der Waals surface area contributed by atoms with E-state index in [1.165, 1.54) is 11.8 Å². The first kappa shape index (κ1) is 14.3. The van der Waals surface area contributed by atoms with Gasteiger partial charge in [0.15, 0.2) is 5.82 Å². The topological polar surface area (TPSA) is 62.7 Å². The summed E-state index contributed by atoms with van der Waals surface area (Å²) < 4.78 is 5.09. The molecule has 0 bridgehead atoms. The quantitative estimate of drug-likeness (QED) is 0.597. The molecule has 0 spiro atoms. The van der Waals surface area contributed by atoms with Crippen LogP contribution in [0.4, 0.5) is 0 Å². The van der Waals surface area contributed by atoms with Gasteiger partial charge in [-0.05, 0) is 12.1 Å². The number of nitriles is 1. The number of hydrogen-bond acceptors (Lipinski definition) is 6. The van der Waals surface area contributed by atoms with Gasteiger partial charge in [0.25, 0.3) is 0 Å². The van der Waals surface area contributed by atoms with Gasteiger partial charge >= 0.3 is 0 Å². The number of hydrogen-bond donors (Lipinski definition) is 0. The third-order valence-electron chi connectivity index (χ3n) is 2.10. The molecule has 0 aliphatic heterocycles. The fourth-order valence-corrected chi connectivity index (χ4v) is 2.86.